The minimum atomic E-state index is -1.16. The van der Waals surface area contributed by atoms with E-state index in [0.29, 0.717) is 17.0 Å². The Labute approximate surface area is 117 Å². The average Bonchev–Trinajstić information content (AvgIpc) is 2.39. The molecule has 0 heterocycles. The molecule has 0 fully saturated rings. The van der Waals surface area contributed by atoms with E-state index < -0.39 is 6.10 Å². The van der Waals surface area contributed by atoms with Gasteiger partial charge in [-0.15, -0.1) is 0 Å². The number of carbonyl (C=O) groups excluding carboxylic acids is 1. The van der Waals surface area contributed by atoms with Crippen molar-refractivity contribution >= 4 is 34.0 Å². The number of rotatable bonds is 6. The molecule has 0 aromatic heterocycles. The second-order valence-electron chi connectivity index (χ2n) is 3.65. The lowest BCUT2D eigenvalue weighted by Gasteiger charge is -2.10. The van der Waals surface area contributed by atoms with Crippen molar-refractivity contribution in [3.63, 3.8) is 0 Å². The molecular weight excluding hydrogens is 268 g/mol. The summed E-state index contributed by atoms with van der Waals surface area (Å²) >= 11 is 6.18. The zero-order valence-corrected chi connectivity index (χ0v) is 12.0. The van der Waals surface area contributed by atoms with Gasteiger partial charge in [-0.25, -0.2) is 0 Å². The van der Waals surface area contributed by atoms with E-state index in [1.807, 2.05) is 31.2 Å². The van der Waals surface area contributed by atoms with Crippen molar-refractivity contribution in [3.8, 4) is 5.75 Å². The van der Waals surface area contributed by atoms with Gasteiger partial charge in [0.1, 0.15) is 5.75 Å². The molecule has 0 spiro atoms. The highest BCUT2D eigenvalue weighted by Gasteiger charge is 2.19. The Morgan fingerprint density at radius 1 is 1.44 bits per heavy atom. The van der Waals surface area contributed by atoms with Crippen molar-refractivity contribution in [2.75, 3.05) is 12.9 Å². The molecule has 1 aromatic carbocycles. The highest BCUT2D eigenvalue weighted by Crippen LogP contribution is 2.14. The van der Waals surface area contributed by atoms with Crippen LogP contribution in [-0.2, 0) is 11.2 Å². The van der Waals surface area contributed by atoms with E-state index >= 15 is 0 Å². The molecule has 0 radical (unpaired) electrons. The molecule has 0 amide bonds. The topological polar surface area (TPSA) is 46.5 Å². The SMILES string of the molecule is CCSC(=O)C(O)C(=S)Cc1ccc(OC)cc1. The first kappa shape index (κ1) is 15.1. The quantitative estimate of drug-likeness (QED) is 0.812. The number of aliphatic hydroxyl groups is 1. The van der Waals surface area contributed by atoms with Gasteiger partial charge in [-0.3, -0.25) is 4.79 Å². The van der Waals surface area contributed by atoms with Crippen LogP contribution in [0.4, 0.5) is 0 Å². The lowest BCUT2D eigenvalue weighted by atomic mass is 10.1. The maximum atomic E-state index is 11.5. The molecule has 0 aliphatic carbocycles. The zero-order valence-electron chi connectivity index (χ0n) is 10.4. The smallest absolute Gasteiger partial charge is 0.222 e. The Balaban J connectivity index is 2.60. The number of methoxy groups -OCH3 is 1. The third kappa shape index (κ3) is 4.40. The highest BCUT2D eigenvalue weighted by molar-refractivity contribution is 8.13. The van der Waals surface area contributed by atoms with Crippen LogP contribution in [0.5, 0.6) is 5.75 Å². The van der Waals surface area contributed by atoms with E-state index in [9.17, 15) is 9.90 Å². The molecule has 1 N–H and O–H groups in total. The van der Waals surface area contributed by atoms with Crippen molar-refractivity contribution < 1.29 is 14.6 Å². The molecule has 0 aliphatic rings. The van der Waals surface area contributed by atoms with Gasteiger partial charge in [-0.05, 0) is 23.4 Å². The number of hydrogen-bond donors (Lipinski definition) is 1. The first-order chi connectivity index (χ1) is 8.58. The number of ether oxygens (including phenoxy) is 1. The first-order valence-corrected chi connectivity index (χ1v) is 6.98. The summed E-state index contributed by atoms with van der Waals surface area (Å²) in [7, 11) is 1.60. The average molecular weight is 284 g/mol. The molecule has 5 heteroatoms. The first-order valence-electron chi connectivity index (χ1n) is 5.58. The molecule has 1 atom stereocenters. The normalized spacial score (nSPS) is 11.9. The Bertz CT molecular complexity index is 415. The van der Waals surface area contributed by atoms with Crippen molar-refractivity contribution in [3.05, 3.63) is 29.8 Å². The number of hydrogen-bond acceptors (Lipinski definition) is 5. The summed E-state index contributed by atoms with van der Waals surface area (Å²) in [6.45, 7) is 1.86. The highest BCUT2D eigenvalue weighted by atomic mass is 32.2. The van der Waals surface area contributed by atoms with Crippen LogP contribution < -0.4 is 4.74 Å². The number of thiocarbonyl (C=S) groups is 1. The van der Waals surface area contributed by atoms with E-state index in [0.717, 1.165) is 23.1 Å². The van der Waals surface area contributed by atoms with Gasteiger partial charge in [0.25, 0.3) is 0 Å². The molecule has 0 bridgehead atoms. The summed E-state index contributed by atoms with van der Waals surface area (Å²) in [5, 5.41) is 9.46. The molecule has 1 rings (SSSR count). The van der Waals surface area contributed by atoms with Crippen LogP contribution in [0.15, 0.2) is 24.3 Å². The van der Waals surface area contributed by atoms with Crippen LogP contribution in [0, 0.1) is 0 Å². The lowest BCUT2D eigenvalue weighted by Crippen LogP contribution is -2.28. The van der Waals surface area contributed by atoms with Crippen LogP contribution in [0.1, 0.15) is 12.5 Å². The molecule has 1 aromatic rings. The maximum absolute atomic E-state index is 11.5. The second-order valence-corrected chi connectivity index (χ2v) is 5.44. The van der Waals surface area contributed by atoms with Crippen LogP contribution in [0.25, 0.3) is 0 Å². The minimum Gasteiger partial charge on any atom is -0.497 e. The minimum absolute atomic E-state index is 0.281. The van der Waals surface area contributed by atoms with Crippen molar-refractivity contribution in [2.24, 2.45) is 0 Å². The van der Waals surface area contributed by atoms with E-state index in [2.05, 4.69) is 0 Å². The fourth-order valence-electron chi connectivity index (χ4n) is 1.39. The Hall–Kier alpha value is -0.910. The Morgan fingerprint density at radius 3 is 2.56 bits per heavy atom. The largest absolute Gasteiger partial charge is 0.497 e. The fourth-order valence-corrected chi connectivity index (χ4v) is 2.33. The van der Waals surface area contributed by atoms with Gasteiger partial charge < -0.3 is 9.84 Å². The number of aliphatic hydroxyl groups excluding tert-OH is 1. The molecule has 0 saturated carbocycles. The standard InChI is InChI=1S/C13H16O3S2/c1-3-18-13(15)12(14)11(17)8-9-4-6-10(16-2)7-5-9/h4-7,12,14H,3,8H2,1-2H3. The fraction of sp³-hybridized carbons (Fsp3) is 0.385. The van der Waals surface area contributed by atoms with Gasteiger partial charge in [-0.1, -0.05) is 43.0 Å². The molecule has 18 heavy (non-hydrogen) atoms. The summed E-state index contributed by atoms with van der Waals surface area (Å²) in [4.78, 5) is 11.8. The van der Waals surface area contributed by atoms with Gasteiger partial charge in [0, 0.05) is 11.3 Å². The molecule has 98 valence electrons. The number of carbonyl (C=O) groups is 1. The predicted molar refractivity (Wildman–Crippen MR) is 78.4 cm³/mol. The van der Waals surface area contributed by atoms with E-state index in [-0.39, 0.29) is 5.12 Å². The molecule has 3 nitrogen and oxygen atoms in total. The summed E-state index contributed by atoms with van der Waals surface area (Å²) in [6, 6.07) is 7.39. The molecule has 1 unspecified atom stereocenters. The van der Waals surface area contributed by atoms with Gasteiger partial charge in [-0.2, -0.15) is 0 Å². The third-order valence-electron chi connectivity index (χ3n) is 2.35. The van der Waals surface area contributed by atoms with E-state index in [1.165, 1.54) is 0 Å². The lowest BCUT2D eigenvalue weighted by molar-refractivity contribution is -0.115. The van der Waals surface area contributed by atoms with E-state index in [4.69, 9.17) is 17.0 Å². The Kier molecular flexibility index (Phi) is 6.32. The summed E-state index contributed by atoms with van der Waals surface area (Å²) in [5.74, 6) is 1.41. The van der Waals surface area contributed by atoms with Crippen LogP contribution in [0.2, 0.25) is 0 Å². The maximum Gasteiger partial charge on any atom is 0.222 e. The molecule has 0 aliphatic heterocycles. The number of benzene rings is 1. The second kappa shape index (κ2) is 7.51. The van der Waals surface area contributed by atoms with Crippen LogP contribution in [-0.4, -0.2) is 34.1 Å². The van der Waals surface area contributed by atoms with Crippen LogP contribution in [0.3, 0.4) is 0 Å². The van der Waals surface area contributed by atoms with Crippen molar-refractivity contribution in [1.82, 2.24) is 0 Å². The molecule has 0 saturated heterocycles. The summed E-state index contributed by atoms with van der Waals surface area (Å²) in [5.41, 5.74) is 0.953. The monoisotopic (exact) mass is 284 g/mol. The summed E-state index contributed by atoms with van der Waals surface area (Å²) in [6.07, 6.45) is -0.747. The Morgan fingerprint density at radius 2 is 2.06 bits per heavy atom. The van der Waals surface area contributed by atoms with E-state index in [1.54, 1.807) is 7.11 Å². The van der Waals surface area contributed by atoms with Gasteiger partial charge in [0.05, 0.1) is 7.11 Å². The third-order valence-corrected chi connectivity index (χ3v) is 3.52. The van der Waals surface area contributed by atoms with Gasteiger partial charge in [0.15, 0.2) is 6.10 Å². The van der Waals surface area contributed by atoms with Gasteiger partial charge >= 0.3 is 0 Å². The van der Waals surface area contributed by atoms with Crippen LogP contribution >= 0.6 is 24.0 Å². The van der Waals surface area contributed by atoms with Gasteiger partial charge in [0.2, 0.25) is 5.12 Å². The molecular formula is C13H16O3S2. The van der Waals surface area contributed by atoms with Crippen molar-refractivity contribution in [2.45, 2.75) is 19.4 Å². The van der Waals surface area contributed by atoms with Crippen molar-refractivity contribution in [1.29, 1.82) is 0 Å². The summed E-state index contributed by atoms with van der Waals surface area (Å²) < 4.78 is 5.05. The number of thioether (sulfide) groups is 1. The predicted octanol–water partition coefficient (Wildman–Crippen LogP) is 2.25. The zero-order chi connectivity index (χ0) is 13.5.